The number of carbonyl (C=O) groups excluding carboxylic acids is 1. The fraction of sp³-hybridized carbons (Fsp3) is 0.250. The number of allylic oxidation sites excluding steroid dienone is 1. The van der Waals surface area contributed by atoms with Crippen molar-refractivity contribution < 1.29 is 4.79 Å². The van der Waals surface area contributed by atoms with Crippen LogP contribution in [0.15, 0.2) is 54.6 Å². The van der Waals surface area contributed by atoms with Crippen molar-refractivity contribution in [1.82, 2.24) is 4.90 Å². The van der Waals surface area contributed by atoms with Crippen LogP contribution in [0.3, 0.4) is 0 Å². The van der Waals surface area contributed by atoms with Crippen LogP contribution in [0.4, 0.5) is 5.69 Å². The van der Waals surface area contributed by atoms with Gasteiger partial charge in [0.1, 0.15) is 0 Å². The van der Waals surface area contributed by atoms with Gasteiger partial charge in [-0.05, 0) is 75.1 Å². The van der Waals surface area contributed by atoms with Crippen molar-refractivity contribution in [3.8, 4) is 0 Å². The zero-order valence-electron chi connectivity index (χ0n) is 14.1. The van der Waals surface area contributed by atoms with Crippen LogP contribution in [0.2, 0.25) is 5.02 Å². The molecule has 0 aliphatic heterocycles. The predicted octanol–water partition coefficient (Wildman–Crippen LogP) is 4.60. The second-order valence-corrected chi connectivity index (χ2v) is 6.35. The Balaban J connectivity index is 1.87. The minimum Gasteiger partial charge on any atom is -0.385 e. The third kappa shape index (κ3) is 6.19. The second kappa shape index (κ2) is 9.26. The molecule has 0 aromatic heterocycles. The Labute approximate surface area is 148 Å². The maximum absolute atomic E-state index is 12.2. The molecule has 4 heteroatoms. The Kier molecular flexibility index (Phi) is 7.04. The van der Waals surface area contributed by atoms with Gasteiger partial charge in [0.25, 0.3) is 0 Å². The summed E-state index contributed by atoms with van der Waals surface area (Å²) in [7, 11) is 4.13. The number of benzene rings is 2. The highest BCUT2D eigenvalue weighted by Crippen LogP contribution is 2.13. The van der Waals surface area contributed by atoms with Crippen molar-refractivity contribution >= 4 is 29.1 Å². The summed E-state index contributed by atoms with van der Waals surface area (Å²) in [5.74, 6) is -0.0101. The van der Waals surface area contributed by atoms with E-state index in [-0.39, 0.29) is 5.78 Å². The first kappa shape index (κ1) is 18.2. The summed E-state index contributed by atoms with van der Waals surface area (Å²) >= 11 is 5.85. The number of hydrogen-bond donors (Lipinski definition) is 1. The van der Waals surface area contributed by atoms with Gasteiger partial charge in [-0.3, -0.25) is 4.79 Å². The van der Waals surface area contributed by atoms with Crippen LogP contribution in [0.5, 0.6) is 0 Å². The Morgan fingerprint density at radius 1 is 1.08 bits per heavy atom. The van der Waals surface area contributed by atoms with Gasteiger partial charge in [0.15, 0.2) is 5.78 Å². The zero-order chi connectivity index (χ0) is 17.4. The van der Waals surface area contributed by atoms with Crippen LogP contribution in [-0.4, -0.2) is 37.9 Å². The standard InChI is InChI=1S/C20H23ClN2O/c1-23(2)15-3-14-22-19-11-7-17(8-12-19)20(24)13-6-16-4-9-18(21)10-5-16/h4-13,22H,3,14-15H2,1-2H3/b13-6+. The van der Waals surface area contributed by atoms with Gasteiger partial charge in [-0.2, -0.15) is 0 Å². The first-order valence-electron chi connectivity index (χ1n) is 8.01. The van der Waals surface area contributed by atoms with Crippen molar-refractivity contribution in [2.24, 2.45) is 0 Å². The van der Waals surface area contributed by atoms with E-state index in [4.69, 9.17) is 11.6 Å². The lowest BCUT2D eigenvalue weighted by molar-refractivity contribution is 0.104. The molecule has 0 unspecified atom stereocenters. The van der Waals surface area contributed by atoms with Gasteiger partial charge in [0.2, 0.25) is 0 Å². The lowest BCUT2D eigenvalue weighted by atomic mass is 10.1. The number of halogens is 1. The molecule has 3 nitrogen and oxygen atoms in total. The van der Waals surface area contributed by atoms with Crippen LogP contribution < -0.4 is 5.32 Å². The maximum atomic E-state index is 12.2. The second-order valence-electron chi connectivity index (χ2n) is 5.91. The summed E-state index contributed by atoms with van der Waals surface area (Å²) in [5, 5.41) is 4.05. The monoisotopic (exact) mass is 342 g/mol. The largest absolute Gasteiger partial charge is 0.385 e. The minimum atomic E-state index is -0.0101. The van der Waals surface area contributed by atoms with Gasteiger partial charge in [0, 0.05) is 22.8 Å². The van der Waals surface area contributed by atoms with E-state index in [0.29, 0.717) is 10.6 Å². The molecule has 0 bridgehead atoms. The SMILES string of the molecule is CN(C)CCCNc1ccc(C(=O)/C=C/c2ccc(Cl)cc2)cc1. The van der Waals surface area contributed by atoms with Crippen LogP contribution in [-0.2, 0) is 0 Å². The summed E-state index contributed by atoms with van der Waals surface area (Å²) in [6, 6.07) is 15.0. The fourth-order valence-corrected chi connectivity index (χ4v) is 2.35. The van der Waals surface area contributed by atoms with Crippen LogP contribution >= 0.6 is 11.6 Å². The topological polar surface area (TPSA) is 32.3 Å². The summed E-state index contributed by atoms with van der Waals surface area (Å²) in [6.45, 7) is 1.97. The van der Waals surface area contributed by atoms with Crippen molar-refractivity contribution in [3.05, 3.63) is 70.8 Å². The molecule has 0 heterocycles. The smallest absolute Gasteiger partial charge is 0.185 e. The third-order valence-corrected chi connectivity index (χ3v) is 3.83. The quantitative estimate of drug-likeness (QED) is 0.432. The molecule has 0 amide bonds. The van der Waals surface area contributed by atoms with Crippen molar-refractivity contribution in [2.45, 2.75) is 6.42 Å². The van der Waals surface area contributed by atoms with E-state index in [0.717, 1.165) is 30.8 Å². The average molecular weight is 343 g/mol. The highest BCUT2D eigenvalue weighted by atomic mass is 35.5. The Morgan fingerprint density at radius 3 is 2.38 bits per heavy atom. The number of hydrogen-bond acceptors (Lipinski definition) is 3. The molecule has 0 aliphatic rings. The van der Waals surface area contributed by atoms with E-state index in [2.05, 4.69) is 24.3 Å². The number of nitrogens with zero attached hydrogens (tertiary/aromatic N) is 1. The van der Waals surface area contributed by atoms with Gasteiger partial charge in [0.05, 0.1) is 0 Å². The highest BCUT2D eigenvalue weighted by molar-refractivity contribution is 6.30. The van der Waals surface area contributed by atoms with Gasteiger partial charge in [-0.15, -0.1) is 0 Å². The van der Waals surface area contributed by atoms with Crippen LogP contribution in [0, 0.1) is 0 Å². The Hall–Kier alpha value is -2.10. The molecule has 1 N–H and O–H groups in total. The van der Waals surface area contributed by atoms with E-state index < -0.39 is 0 Å². The number of rotatable bonds is 8. The van der Waals surface area contributed by atoms with E-state index in [9.17, 15) is 4.79 Å². The molecule has 2 aromatic rings. The van der Waals surface area contributed by atoms with Crippen molar-refractivity contribution in [3.63, 3.8) is 0 Å². The number of anilines is 1. The van der Waals surface area contributed by atoms with Gasteiger partial charge in [-0.1, -0.05) is 29.8 Å². The molecule has 2 aromatic carbocycles. The molecule has 0 saturated heterocycles. The molecule has 0 atom stereocenters. The Bertz CT molecular complexity index is 676. The lowest BCUT2D eigenvalue weighted by Crippen LogP contribution is -2.16. The van der Waals surface area contributed by atoms with Gasteiger partial charge >= 0.3 is 0 Å². The molecule has 0 aliphatic carbocycles. The number of ketones is 1. The number of nitrogens with one attached hydrogen (secondary N) is 1. The lowest BCUT2D eigenvalue weighted by Gasteiger charge is -2.10. The first-order valence-corrected chi connectivity index (χ1v) is 8.39. The molecule has 0 fully saturated rings. The van der Waals surface area contributed by atoms with Crippen molar-refractivity contribution in [1.29, 1.82) is 0 Å². The normalized spacial score (nSPS) is 11.2. The third-order valence-electron chi connectivity index (χ3n) is 3.58. The van der Waals surface area contributed by atoms with Crippen LogP contribution in [0.1, 0.15) is 22.3 Å². The first-order chi connectivity index (χ1) is 11.5. The van der Waals surface area contributed by atoms with E-state index >= 15 is 0 Å². The molecule has 0 saturated carbocycles. The molecule has 24 heavy (non-hydrogen) atoms. The van der Waals surface area contributed by atoms with Crippen molar-refractivity contribution in [2.75, 3.05) is 32.5 Å². The molecule has 126 valence electrons. The highest BCUT2D eigenvalue weighted by Gasteiger charge is 2.02. The minimum absolute atomic E-state index is 0.0101. The van der Waals surface area contributed by atoms with E-state index in [1.54, 1.807) is 12.2 Å². The maximum Gasteiger partial charge on any atom is 0.185 e. The number of carbonyl (C=O) groups is 1. The van der Waals surface area contributed by atoms with Crippen LogP contribution in [0.25, 0.3) is 6.08 Å². The fourth-order valence-electron chi connectivity index (χ4n) is 2.22. The van der Waals surface area contributed by atoms with Gasteiger partial charge in [-0.25, -0.2) is 0 Å². The molecular formula is C20H23ClN2O. The van der Waals surface area contributed by atoms with E-state index in [1.807, 2.05) is 48.5 Å². The van der Waals surface area contributed by atoms with Gasteiger partial charge < -0.3 is 10.2 Å². The molecule has 0 radical (unpaired) electrons. The molecular weight excluding hydrogens is 320 g/mol. The summed E-state index contributed by atoms with van der Waals surface area (Å²) in [5.41, 5.74) is 2.66. The zero-order valence-corrected chi connectivity index (χ0v) is 14.9. The average Bonchev–Trinajstić information content (AvgIpc) is 2.58. The Morgan fingerprint density at radius 2 is 1.75 bits per heavy atom. The summed E-state index contributed by atoms with van der Waals surface area (Å²) in [4.78, 5) is 14.4. The summed E-state index contributed by atoms with van der Waals surface area (Å²) in [6.07, 6.45) is 4.46. The summed E-state index contributed by atoms with van der Waals surface area (Å²) < 4.78 is 0. The predicted molar refractivity (Wildman–Crippen MR) is 103 cm³/mol. The molecule has 0 spiro atoms. The van der Waals surface area contributed by atoms with E-state index in [1.165, 1.54) is 0 Å². The molecule has 2 rings (SSSR count).